The summed E-state index contributed by atoms with van der Waals surface area (Å²) in [5.41, 5.74) is 8.70. The lowest BCUT2D eigenvalue weighted by atomic mass is 10.2. The third kappa shape index (κ3) is 3.05. The lowest BCUT2D eigenvalue weighted by Crippen LogP contribution is -2.46. The Kier molecular flexibility index (Phi) is 3.88. The molecule has 0 saturated carbocycles. The summed E-state index contributed by atoms with van der Waals surface area (Å²) in [4.78, 5) is 9.25. The van der Waals surface area contributed by atoms with E-state index in [1.807, 2.05) is 31.2 Å². The normalized spacial score (nSPS) is 15.3. The number of rotatable bonds is 2. The van der Waals surface area contributed by atoms with Crippen molar-refractivity contribution in [1.29, 1.82) is 0 Å². The monoisotopic (exact) mass is 302 g/mol. The molecule has 1 aliphatic heterocycles. The van der Waals surface area contributed by atoms with Gasteiger partial charge >= 0.3 is 0 Å². The molecule has 5 heteroatoms. The zero-order valence-electron chi connectivity index (χ0n) is 12.1. The molecule has 0 spiro atoms. The third-order valence-corrected chi connectivity index (χ3v) is 4.16. The largest absolute Gasteiger partial charge is 0.397 e. The van der Waals surface area contributed by atoms with Gasteiger partial charge in [0.2, 0.25) is 0 Å². The molecule has 2 aromatic rings. The predicted molar refractivity (Wildman–Crippen MR) is 89.3 cm³/mol. The summed E-state index contributed by atoms with van der Waals surface area (Å²) in [6, 6.07) is 12.0. The molecule has 1 aliphatic rings. The maximum Gasteiger partial charge on any atom is 0.129 e. The average Bonchev–Trinajstić information content (AvgIpc) is 2.51. The van der Waals surface area contributed by atoms with Crippen molar-refractivity contribution in [2.24, 2.45) is 0 Å². The molecule has 1 aromatic heterocycles. The van der Waals surface area contributed by atoms with E-state index in [1.54, 1.807) is 0 Å². The van der Waals surface area contributed by atoms with Gasteiger partial charge in [-0.25, -0.2) is 4.98 Å². The second-order valence-corrected chi connectivity index (χ2v) is 5.73. The van der Waals surface area contributed by atoms with E-state index in [0.29, 0.717) is 0 Å². The van der Waals surface area contributed by atoms with Crippen molar-refractivity contribution in [1.82, 2.24) is 4.98 Å². The van der Waals surface area contributed by atoms with Crippen molar-refractivity contribution >= 4 is 28.8 Å². The maximum absolute atomic E-state index is 5.94. The van der Waals surface area contributed by atoms with Crippen molar-refractivity contribution in [3.63, 3.8) is 0 Å². The molecule has 0 atom stereocenters. The molecule has 1 fully saturated rings. The third-order valence-electron chi connectivity index (χ3n) is 3.91. The number of aryl methyl sites for hydroxylation is 1. The molecular formula is C16H19ClN4. The molecule has 3 rings (SSSR count). The van der Waals surface area contributed by atoms with E-state index in [1.165, 1.54) is 5.69 Å². The molecule has 2 N–H and O–H groups in total. The number of nitrogens with zero attached hydrogens (tertiary/aromatic N) is 3. The number of anilines is 3. The van der Waals surface area contributed by atoms with Gasteiger partial charge in [-0.1, -0.05) is 11.6 Å². The Balaban J connectivity index is 1.67. The second kappa shape index (κ2) is 5.82. The highest BCUT2D eigenvalue weighted by Gasteiger charge is 2.18. The topological polar surface area (TPSA) is 45.4 Å². The highest BCUT2D eigenvalue weighted by molar-refractivity contribution is 6.30. The first kappa shape index (κ1) is 14.0. The molecule has 110 valence electrons. The van der Waals surface area contributed by atoms with E-state index < -0.39 is 0 Å². The van der Waals surface area contributed by atoms with Crippen LogP contribution in [0.5, 0.6) is 0 Å². The summed E-state index contributed by atoms with van der Waals surface area (Å²) in [5.74, 6) is 1.01. The standard InChI is InChI=1S/C16H19ClN4/c1-12-15(18)6-7-16(19-12)21-10-8-20(9-11-21)14-4-2-13(17)3-5-14/h2-7H,8-11,18H2,1H3. The number of pyridine rings is 1. The highest BCUT2D eigenvalue weighted by Crippen LogP contribution is 2.22. The van der Waals surface area contributed by atoms with Crippen LogP contribution in [0.4, 0.5) is 17.2 Å². The number of nitrogen functional groups attached to an aromatic ring is 1. The number of hydrogen-bond acceptors (Lipinski definition) is 4. The van der Waals surface area contributed by atoms with Crippen molar-refractivity contribution < 1.29 is 0 Å². The van der Waals surface area contributed by atoms with Crippen molar-refractivity contribution in [3.8, 4) is 0 Å². The van der Waals surface area contributed by atoms with Gasteiger partial charge in [0.05, 0.1) is 11.4 Å². The SMILES string of the molecule is Cc1nc(N2CCN(c3ccc(Cl)cc3)CC2)ccc1N. The average molecular weight is 303 g/mol. The van der Waals surface area contributed by atoms with Crippen LogP contribution < -0.4 is 15.5 Å². The van der Waals surface area contributed by atoms with Gasteiger partial charge in [0.15, 0.2) is 0 Å². The molecule has 4 nitrogen and oxygen atoms in total. The number of benzene rings is 1. The first-order chi connectivity index (χ1) is 10.1. The molecular weight excluding hydrogens is 284 g/mol. The van der Waals surface area contributed by atoms with Crippen molar-refractivity contribution in [2.45, 2.75) is 6.92 Å². The molecule has 21 heavy (non-hydrogen) atoms. The van der Waals surface area contributed by atoms with Gasteiger partial charge in [-0.2, -0.15) is 0 Å². The van der Waals surface area contributed by atoms with Gasteiger partial charge in [-0.3, -0.25) is 0 Å². The summed E-state index contributed by atoms with van der Waals surface area (Å²) < 4.78 is 0. The molecule has 0 radical (unpaired) electrons. The number of piperazine rings is 1. The van der Waals surface area contributed by atoms with Crippen molar-refractivity contribution in [3.05, 3.63) is 47.1 Å². The van der Waals surface area contributed by atoms with E-state index in [4.69, 9.17) is 17.3 Å². The van der Waals surface area contributed by atoms with Gasteiger partial charge < -0.3 is 15.5 Å². The molecule has 0 bridgehead atoms. The van der Waals surface area contributed by atoms with Crippen LogP contribution in [0.15, 0.2) is 36.4 Å². The van der Waals surface area contributed by atoms with Crippen LogP contribution in [0, 0.1) is 6.92 Å². The second-order valence-electron chi connectivity index (χ2n) is 5.29. The molecule has 0 unspecified atom stereocenters. The molecule has 1 saturated heterocycles. The van der Waals surface area contributed by atoms with Crippen LogP contribution >= 0.6 is 11.6 Å². The molecule has 1 aromatic carbocycles. The minimum Gasteiger partial charge on any atom is -0.397 e. The Hall–Kier alpha value is -1.94. The fourth-order valence-electron chi connectivity index (χ4n) is 2.58. The smallest absolute Gasteiger partial charge is 0.129 e. The Morgan fingerprint density at radius 3 is 2.19 bits per heavy atom. The van der Waals surface area contributed by atoms with Crippen LogP contribution in [-0.4, -0.2) is 31.2 Å². The summed E-state index contributed by atoms with van der Waals surface area (Å²) in [7, 11) is 0. The van der Waals surface area contributed by atoms with Crippen LogP contribution in [0.3, 0.4) is 0 Å². The quantitative estimate of drug-likeness (QED) is 0.926. The summed E-state index contributed by atoms with van der Waals surface area (Å²) in [6.45, 7) is 5.82. The van der Waals surface area contributed by atoms with Crippen LogP contribution in [0.25, 0.3) is 0 Å². The Morgan fingerprint density at radius 1 is 0.952 bits per heavy atom. The van der Waals surface area contributed by atoms with Gasteiger partial charge in [-0.15, -0.1) is 0 Å². The van der Waals surface area contributed by atoms with E-state index in [2.05, 4.69) is 26.9 Å². The Labute approximate surface area is 130 Å². The lowest BCUT2D eigenvalue weighted by Gasteiger charge is -2.36. The zero-order chi connectivity index (χ0) is 14.8. The Bertz CT molecular complexity index is 619. The summed E-state index contributed by atoms with van der Waals surface area (Å²) >= 11 is 5.94. The van der Waals surface area contributed by atoms with Crippen LogP contribution in [-0.2, 0) is 0 Å². The molecule has 0 amide bonds. The van der Waals surface area contributed by atoms with Gasteiger partial charge in [-0.05, 0) is 43.3 Å². The van der Waals surface area contributed by atoms with Gasteiger partial charge in [0, 0.05) is 36.9 Å². The van der Waals surface area contributed by atoms with E-state index in [9.17, 15) is 0 Å². The summed E-state index contributed by atoms with van der Waals surface area (Å²) in [5, 5.41) is 0.777. The van der Waals surface area contributed by atoms with E-state index >= 15 is 0 Å². The first-order valence-corrected chi connectivity index (χ1v) is 7.50. The predicted octanol–water partition coefficient (Wildman–Crippen LogP) is 2.95. The minimum absolute atomic E-state index is 0.749. The fourth-order valence-corrected chi connectivity index (χ4v) is 2.71. The van der Waals surface area contributed by atoms with Crippen molar-refractivity contribution in [2.75, 3.05) is 41.7 Å². The fraction of sp³-hybridized carbons (Fsp3) is 0.312. The number of halogens is 1. The lowest BCUT2D eigenvalue weighted by molar-refractivity contribution is 0.647. The molecule has 0 aliphatic carbocycles. The summed E-state index contributed by atoms with van der Waals surface area (Å²) in [6.07, 6.45) is 0. The Morgan fingerprint density at radius 2 is 1.57 bits per heavy atom. The number of aromatic nitrogens is 1. The minimum atomic E-state index is 0.749. The maximum atomic E-state index is 5.94. The van der Waals surface area contributed by atoms with E-state index in [0.717, 1.165) is 48.4 Å². The van der Waals surface area contributed by atoms with Gasteiger partial charge in [0.1, 0.15) is 5.82 Å². The van der Waals surface area contributed by atoms with E-state index in [-0.39, 0.29) is 0 Å². The number of hydrogen-bond donors (Lipinski definition) is 1. The van der Waals surface area contributed by atoms with Gasteiger partial charge in [0.25, 0.3) is 0 Å². The van der Waals surface area contributed by atoms with Crippen LogP contribution in [0.1, 0.15) is 5.69 Å². The zero-order valence-corrected chi connectivity index (χ0v) is 12.8. The molecule has 2 heterocycles. The highest BCUT2D eigenvalue weighted by atomic mass is 35.5. The van der Waals surface area contributed by atoms with Crippen LogP contribution in [0.2, 0.25) is 5.02 Å². The number of nitrogens with two attached hydrogens (primary N) is 1. The first-order valence-electron chi connectivity index (χ1n) is 7.12.